The van der Waals surface area contributed by atoms with Crippen LogP contribution < -0.4 is 9.05 Å². The fourth-order valence-corrected chi connectivity index (χ4v) is 10.5. The average molecular weight is 735 g/mol. The Hall–Kier alpha value is -2.88. The summed E-state index contributed by atoms with van der Waals surface area (Å²) >= 11 is 0. The lowest BCUT2D eigenvalue weighted by atomic mass is 9.72. The van der Waals surface area contributed by atoms with Crippen LogP contribution in [0.5, 0.6) is 11.5 Å². The first-order valence-electron chi connectivity index (χ1n) is 18.8. The maximum absolute atomic E-state index is 14.8. The number of rotatable bonds is 20. The highest BCUT2D eigenvalue weighted by atomic mass is 31.2. The Morgan fingerprint density at radius 1 is 0.804 bits per heavy atom. The zero-order valence-corrected chi connectivity index (χ0v) is 33.8. The van der Waals surface area contributed by atoms with Crippen LogP contribution in [0.25, 0.3) is 0 Å². The molecule has 0 aromatic heterocycles. The average Bonchev–Trinajstić information content (AvgIpc) is 3.07. The lowest BCUT2D eigenvalue weighted by Gasteiger charge is -2.35. The van der Waals surface area contributed by atoms with Crippen molar-refractivity contribution in [2.24, 2.45) is 5.92 Å². The van der Waals surface area contributed by atoms with Gasteiger partial charge in [0, 0.05) is 11.5 Å². The summed E-state index contributed by atoms with van der Waals surface area (Å²) in [4.78, 5) is 0. The van der Waals surface area contributed by atoms with Crippen molar-refractivity contribution in [1.29, 1.82) is 0 Å². The third-order valence-electron chi connectivity index (χ3n) is 9.82. The van der Waals surface area contributed by atoms with Crippen molar-refractivity contribution in [1.82, 2.24) is 0 Å². The van der Waals surface area contributed by atoms with Gasteiger partial charge < -0.3 is 9.05 Å². The summed E-state index contributed by atoms with van der Waals surface area (Å²) in [6, 6.07) is 23.4. The quantitative estimate of drug-likeness (QED) is 0.0654. The highest BCUT2D eigenvalue weighted by Gasteiger charge is 2.38. The Morgan fingerprint density at radius 2 is 1.31 bits per heavy atom. The monoisotopic (exact) mass is 734 g/mol. The molecule has 0 aliphatic heterocycles. The third-order valence-corrected chi connectivity index (χ3v) is 13.6. The summed E-state index contributed by atoms with van der Waals surface area (Å²) in [5.41, 5.74) is 5.36. The van der Waals surface area contributed by atoms with Crippen LogP contribution in [-0.4, -0.2) is 13.2 Å². The maximum atomic E-state index is 14.8. The van der Waals surface area contributed by atoms with E-state index in [9.17, 15) is 9.13 Å². The van der Waals surface area contributed by atoms with Gasteiger partial charge in [0.2, 0.25) is 0 Å². The van der Waals surface area contributed by atoms with Gasteiger partial charge in [-0.1, -0.05) is 131 Å². The van der Waals surface area contributed by atoms with Gasteiger partial charge in [0.1, 0.15) is 11.5 Å². The molecule has 4 rings (SSSR count). The summed E-state index contributed by atoms with van der Waals surface area (Å²) in [6.07, 6.45) is 9.78. The molecular weight excluding hydrogens is 674 g/mol. The van der Waals surface area contributed by atoms with E-state index in [4.69, 9.17) is 18.1 Å². The van der Waals surface area contributed by atoms with Crippen molar-refractivity contribution >= 4 is 15.2 Å². The van der Waals surface area contributed by atoms with Gasteiger partial charge in [-0.15, -0.1) is 0 Å². The molecular formula is C43H60O6P2. The van der Waals surface area contributed by atoms with E-state index in [1.807, 2.05) is 86.6 Å². The second-order valence-electron chi connectivity index (χ2n) is 14.6. The van der Waals surface area contributed by atoms with Crippen molar-refractivity contribution in [2.45, 2.75) is 117 Å². The van der Waals surface area contributed by atoms with E-state index >= 15 is 0 Å². The molecule has 1 aliphatic carbocycles. The van der Waals surface area contributed by atoms with Gasteiger partial charge in [-0.25, -0.2) is 9.13 Å². The molecule has 8 heteroatoms. The van der Waals surface area contributed by atoms with Crippen LogP contribution in [0.2, 0.25) is 0 Å². The van der Waals surface area contributed by atoms with Crippen LogP contribution in [0.3, 0.4) is 0 Å². The zero-order chi connectivity index (χ0) is 37.1. The van der Waals surface area contributed by atoms with Crippen molar-refractivity contribution < 1.29 is 27.2 Å². The minimum atomic E-state index is -3.74. The van der Waals surface area contributed by atoms with Gasteiger partial charge in [0.05, 0.1) is 25.5 Å². The molecule has 0 heterocycles. The van der Waals surface area contributed by atoms with Gasteiger partial charge in [-0.2, -0.15) is 0 Å². The van der Waals surface area contributed by atoms with E-state index in [0.29, 0.717) is 17.1 Å². The van der Waals surface area contributed by atoms with Crippen LogP contribution in [0.4, 0.5) is 0 Å². The predicted molar refractivity (Wildman–Crippen MR) is 212 cm³/mol. The van der Waals surface area contributed by atoms with Crippen molar-refractivity contribution in [3.05, 3.63) is 119 Å². The van der Waals surface area contributed by atoms with Gasteiger partial charge >= 0.3 is 15.2 Å². The van der Waals surface area contributed by atoms with E-state index in [2.05, 4.69) is 47.3 Å². The molecule has 4 atom stereocenters. The van der Waals surface area contributed by atoms with Gasteiger partial charge in [0.15, 0.2) is 0 Å². The van der Waals surface area contributed by atoms with E-state index < -0.39 is 15.2 Å². The standard InChI is InChI=1S/C43H60O6P2/c1-9-12-13-20-27-43(7,8)37-29-40(48-50(44,46-10-2)31-35-21-16-14-17-22-35)42(39-28-34(6)25-26-38(39)33(4)5)41(30-37)49-51(45,47-11-3)32-36-23-18-15-19-24-36/h14-19,21-24,28-30,38-39H,4,9-13,20,25-27,31-32H2,1-3,5-8H3. The van der Waals surface area contributed by atoms with Crippen LogP contribution >= 0.6 is 15.2 Å². The number of allylic oxidation sites excluding steroid dienone is 3. The van der Waals surface area contributed by atoms with E-state index in [0.717, 1.165) is 60.8 Å². The summed E-state index contributed by atoms with van der Waals surface area (Å²) in [5.74, 6) is 0.706. The highest BCUT2D eigenvalue weighted by molar-refractivity contribution is 7.53. The van der Waals surface area contributed by atoms with Crippen LogP contribution in [0.1, 0.15) is 122 Å². The molecule has 4 unspecified atom stereocenters. The number of hydrogen-bond donors (Lipinski definition) is 0. The largest absolute Gasteiger partial charge is 0.424 e. The molecule has 0 saturated heterocycles. The van der Waals surface area contributed by atoms with E-state index in [-0.39, 0.29) is 42.8 Å². The number of unbranched alkanes of at least 4 members (excludes halogenated alkanes) is 3. The molecule has 0 N–H and O–H groups in total. The first-order valence-corrected chi connectivity index (χ1v) is 22.2. The second kappa shape index (κ2) is 18.7. The van der Waals surface area contributed by atoms with Gasteiger partial charge in [-0.05, 0) is 87.1 Å². The van der Waals surface area contributed by atoms with E-state index in [1.165, 1.54) is 12.0 Å². The highest BCUT2D eigenvalue weighted by Crippen LogP contribution is 2.59. The third kappa shape index (κ3) is 11.6. The van der Waals surface area contributed by atoms with Crippen LogP contribution in [0.15, 0.2) is 96.6 Å². The van der Waals surface area contributed by atoms with E-state index in [1.54, 1.807) is 0 Å². The maximum Gasteiger partial charge on any atom is 0.383 e. The summed E-state index contributed by atoms with van der Waals surface area (Å²) in [5, 5.41) is 0. The normalized spacial score (nSPS) is 18.7. The fraction of sp³-hybridized carbons (Fsp3) is 0.488. The molecule has 6 nitrogen and oxygen atoms in total. The minimum Gasteiger partial charge on any atom is -0.424 e. The predicted octanol–water partition coefficient (Wildman–Crippen LogP) is 13.6. The van der Waals surface area contributed by atoms with Crippen molar-refractivity contribution in [3.8, 4) is 11.5 Å². The zero-order valence-electron chi connectivity index (χ0n) is 32.0. The summed E-state index contributed by atoms with van der Waals surface area (Å²) in [7, 11) is -7.48. The molecule has 0 spiro atoms. The van der Waals surface area contributed by atoms with Crippen molar-refractivity contribution in [2.75, 3.05) is 13.2 Å². The number of hydrogen-bond acceptors (Lipinski definition) is 6. The molecule has 0 radical (unpaired) electrons. The Kier molecular flexibility index (Phi) is 15.0. The molecule has 278 valence electrons. The van der Waals surface area contributed by atoms with Gasteiger partial charge in [-0.3, -0.25) is 9.05 Å². The Labute approximate surface area is 308 Å². The molecule has 1 aliphatic rings. The Balaban J connectivity index is 1.99. The van der Waals surface area contributed by atoms with Crippen molar-refractivity contribution in [3.63, 3.8) is 0 Å². The molecule has 0 fully saturated rings. The van der Waals surface area contributed by atoms with Crippen LogP contribution in [-0.2, 0) is 35.9 Å². The molecule has 0 amide bonds. The molecule has 0 saturated carbocycles. The molecule has 0 bridgehead atoms. The van der Waals surface area contributed by atoms with Crippen LogP contribution in [0, 0.1) is 5.92 Å². The minimum absolute atomic E-state index is 0.0625. The molecule has 51 heavy (non-hydrogen) atoms. The lowest BCUT2D eigenvalue weighted by molar-refractivity contribution is 0.272. The Bertz CT molecular complexity index is 1610. The number of benzene rings is 3. The topological polar surface area (TPSA) is 71.1 Å². The molecule has 3 aromatic carbocycles. The lowest BCUT2D eigenvalue weighted by Crippen LogP contribution is -2.21. The first-order chi connectivity index (χ1) is 24.3. The smallest absolute Gasteiger partial charge is 0.383 e. The second-order valence-corrected chi connectivity index (χ2v) is 18.6. The molecule has 3 aromatic rings. The Morgan fingerprint density at radius 3 is 1.76 bits per heavy atom. The van der Waals surface area contributed by atoms with Gasteiger partial charge in [0.25, 0.3) is 0 Å². The summed E-state index contributed by atoms with van der Waals surface area (Å²) < 4.78 is 55.2. The summed E-state index contributed by atoms with van der Waals surface area (Å²) in [6.45, 7) is 19.4. The first kappa shape index (κ1) is 40.9. The SMILES string of the molecule is C=C(C)C1CCC(C)=CC1c1c(OP(=O)(Cc2ccccc2)OCC)cc(C(C)(C)CCCCCC)cc1OP(=O)(Cc1ccccc1)OCC. The fourth-order valence-electron chi connectivity index (χ4n) is 7.03.